The van der Waals surface area contributed by atoms with Gasteiger partial charge in [-0.15, -0.1) is 13.2 Å². The third kappa shape index (κ3) is 9.35. The molecule has 0 heterocycles. The Morgan fingerprint density at radius 1 is 1.07 bits per heavy atom. The fraction of sp³-hybridized carbons (Fsp3) is 0.611. The Balaban J connectivity index is 0.000000612. The lowest BCUT2D eigenvalue weighted by Gasteiger charge is -2.30. The van der Waals surface area contributed by atoms with E-state index in [4.69, 9.17) is 5.11 Å². The second-order valence-electron chi connectivity index (χ2n) is 6.40. The van der Waals surface area contributed by atoms with Crippen molar-refractivity contribution >= 4 is 11.6 Å². The van der Waals surface area contributed by atoms with Crippen molar-refractivity contribution in [1.29, 1.82) is 0 Å². The molecule has 1 amide bonds. The van der Waals surface area contributed by atoms with Crippen LogP contribution in [0.5, 0.6) is 5.75 Å². The van der Waals surface area contributed by atoms with Crippen LogP contribution in [0.4, 0.5) is 32.0 Å². The Morgan fingerprint density at radius 2 is 1.55 bits per heavy atom. The molecule has 0 atom stereocenters. The fourth-order valence-corrected chi connectivity index (χ4v) is 2.84. The molecule has 1 fully saturated rings. The van der Waals surface area contributed by atoms with E-state index in [0.717, 1.165) is 0 Å². The third-order valence-corrected chi connectivity index (χ3v) is 4.19. The highest BCUT2D eigenvalue weighted by Gasteiger charge is 2.32. The number of hydrogen-bond acceptors (Lipinski definition) is 4. The molecule has 5 nitrogen and oxygen atoms in total. The molecule has 166 valence electrons. The molecule has 11 heteroatoms. The van der Waals surface area contributed by atoms with Gasteiger partial charge in [0.25, 0.3) is 0 Å². The molecule has 1 aliphatic rings. The molecule has 2 rings (SSSR count). The summed E-state index contributed by atoms with van der Waals surface area (Å²) in [5, 5.41) is 16.8. The van der Waals surface area contributed by atoms with Crippen LogP contribution in [0.1, 0.15) is 32.6 Å². The topological polar surface area (TPSA) is 70.0 Å². The smallest absolute Gasteiger partial charge is 0.406 e. The standard InChI is InChI=1S/C16H20F3NO3.C2H3F3O/c1-2-20(15(22)11-3-7-13(21)8-4-11)12-5-9-14(10-6-12)23-16(17,18)19;3-2(4,5)1-6/h5-6,9-11,13,21H,2-4,7-8H2,1H3;6H,1H2. The normalized spacial score (nSPS) is 19.8. The first kappa shape index (κ1) is 25.0. The van der Waals surface area contributed by atoms with Gasteiger partial charge in [-0.05, 0) is 56.9 Å². The second kappa shape index (κ2) is 10.7. The first-order chi connectivity index (χ1) is 13.4. The molecule has 0 aromatic heterocycles. The van der Waals surface area contributed by atoms with E-state index in [0.29, 0.717) is 37.9 Å². The molecule has 0 spiro atoms. The number of amides is 1. The average molecular weight is 431 g/mol. The molecule has 0 saturated heterocycles. The summed E-state index contributed by atoms with van der Waals surface area (Å²) in [7, 11) is 0. The molecular weight excluding hydrogens is 408 g/mol. The summed E-state index contributed by atoms with van der Waals surface area (Å²) >= 11 is 0. The number of aliphatic hydroxyl groups excluding tert-OH is 2. The van der Waals surface area contributed by atoms with Crippen molar-refractivity contribution < 1.29 is 46.1 Å². The van der Waals surface area contributed by atoms with Crippen LogP contribution in [0.3, 0.4) is 0 Å². The summed E-state index contributed by atoms with van der Waals surface area (Å²) in [6.07, 6.45) is -7.01. The quantitative estimate of drug-likeness (QED) is 0.707. The summed E-state index contributed by atoms with van der Waals surface area (Å²) in [4.78, 5) is 14.1. The van der Waals surface area contributed by atoms with Crippen molar-refractivity contribution in [3.8, 4) is 5.75 Å². The summed E-state index contributed by atoms with van der Waals surface area (Å²) in [6, 6.07) is 5.28. The zero-order valence-electron chi connectivity index (χ0n) is 15.6. The summed E-state index contributed by atoms with van der Waals surface area (Å²) in [5.74, 6) is -0.515. The molecular formula is C18H23F6NO4. The number of aliphatic hydroxyl groups is 2. The van der Waals surface area contributed by atoms with Crippen molar-refractivity contribution in [3.05, 3.63) is 24.3 Å². The maximum Gasteiger partial charge on any atom is 0.573 e. The van der Waals surface area contributed by atoms with Crippen molar-refractivity contribution in [1.82, 2.24) is 0 Å². The van der Waals surface area contributed by atoms with Gasteiger partial charge in [0.15, 0.2) is 0 Å². The predicted octanol–water partition coefficient (Wildman–Crippen LogP) is 4.03. The maximum absolute atomic E-state index is 12.6. The van der Waals surface area contributed by atoms with Crippen LogP contribution in [-0.2, 0) is 4.79 Å². The summed E-state index contributed by atoms with van der Waals surface area (Å²) in [5.41, 5.74) is 0.540. The monoisotopic (exact) mass is 431 g/mol. The third-order valence-electron chi connectivity index (χ3n) is 4.19. The van der Waals surface area contributed by atoms with Crippen molar-refractivity contribution in [3.63, 3.8) is 0 Å². The number of anilines is 1. The minimum Gasteiger partial charge on any atom is -0.406 e. The number of ether oxygens (including phenoxy) is 1. The first-order valence-corrected chi connectivity index (χ1v) is 8.89. The summed E-state index contributed by atoms with van der Waals surface area (Å²) < 4.78 is 71.9. The highest BCUT2D eigenvalue weighted by Crippen LogP contribution is 2.29. The zero-order chi connectivity index (χ0) is 22.2. The fourth-order valence-electron chi connectivity index (χ4n) is 2.84. The van der Waals surface area contributed by atoms with Gasteiger partial charge in [-0.2, -0.15) is 13.2 Å². The van der Waals surface area contributed by atoms with Crippen LogP contribution in [0.2, 0.25) is 0 Å². The molecule has 2 N–H and O–H groups in total. The van der Waals surface area contributed by atoms with Gasteiger partial charge in [0.1, 0.15) is 12.4 Å². The molecule has 1 aromatic rings. The molecule has 29 heavy (non-hydrogen) atoms. The Hall–Kier alpha value is -2.01. The number of benzene rings is 1. The lowest BCUT2D eigenvalue weighted by Crippen LogP contribution is -2.38. The van der Waals surface area contributed by atoms with E-state index in [1.54, 1.807) is 4.90 Å². The van der Waals surface area contributed by atoms with Crippen molar-refractivity contribution in [2.75, 3.05) is 18.1 Å². The van der Waals surface area contributed by atoms with E-state index in [9.17, 15) is 36.2 Å². The predicted molar refractivity (Wildman–Crippen MR) is 92.3 cm³/mol. The number of hydrogen-bond donors (Lipinski definition) is 2. The number of rotatable bonds is 4. The molecule has 0 bridgehead atoms. The number of halogens is 6. The minimum absolute atomic E-state index is 0.0520. The van der Waals surface area contributed by atoms with Gasteiger partial charge in [0, 0.05) is 18.2 Å². The van der Waals surface area contributed by atoms with Crippen LogP contribution in [0.15, 0.2) is 24.3 Å². The molecule has 1 aliphatic carbocycles. The number of alkyl halides is 6. The Kier molecular flexibility index (Phi) is 9.21. The van der Waals surface area contributed by atoms with Gasteiger partial charge in [0.05, 0.1) is 6.10 Å². The van der Waals surface area contributed by atoms with E-state index in [-0.39, 0.29) is 23.7 Å². The largest absolute Gasteiger partial charge is 0.573 e. The van der Waals surface area contributed by atoms with Gasteiger partial charge in [-0.3, -0.25) is 4.79 Å². The van der Waals surface area contributed by atoms with E-state index in [1.165, 1.54) is 24.3 Å². The van der Waals surface area contributed by atoms with E-state index >= 15 is 0 Å². The van der Waals surface area contributed by atoms with Gasteiger partial charge in [-0.25, -0.2) is 0 Å². The second-order valence-corrected chi connectivity index (χ2v) is 6.40. The van der Waals surface area contributed by atoms with E-state index in [1.807, 2.05) is 6.92 Å². The maximum atomic E-state index is 12.6. The van der Waals surface area contributed by atoms with Gasteiger partial charge in [0.2, 0.25) is 5.91 Å². The molecule has 1 aromatic carbocycles. The summed E-state index contributed by atoms with van der Waals surface area (Å²) in [6.45, 7) is 0.514. The Bertz CT molecular complexity index is 625. The number of carbonyl (C=O) groups excluding carboxylic acids is 1. The van der Waals surface area contributed by atoms with Crippen LogP contribution >= 0.6 is 0 Å². The molecule has 0 radical (unpaired) electrons. The zero-order valence-corrected chi connectivity index (χ0v) is 15.6. The highest BCUT2D eigenvalue weighted by atomic mass is 19.4. The molecule has 0 unspecified atom stereocenters. The SMILES string of the molecule is CCN(C(=O)C1CCC(O)CC1)c1ccc(OC(F)(F)F)cc1.OCC(F)(F)F. The average Bonchev–Trinajstić information content (AvgIpc) is 2.63. The van der Waals surface area contributed by atoms with Crippen molar-refractivity contribution in [2.24, 2.45) is 5.92 Å². The number of nitrogens with zero attached hydrogens (tertiary/aromatic N) is 1. The molecule has 0 aliphatic heterocycles. The van der Waals surface area contributed by atoms with Crippen LogP contribution in [-0.4, -0.2) is 47.9 Å². The van der Waals surface area contributed by atoms with Gasteiger partial charge < -0.3 is 19.8 Å². The van der Waals surface area contributed by atoms with Crippen LogP contribution in [0, 0.1) is 5.92 Å². The Morgan fingerprint density at radius 3 is 1.93 bits per heavy atom. The highest BCUT2D eigenvalue weighted by molar-refractivity contribution is 5.95. The Labute approximate surface area is 163 Å². The lowest BCUT2D eigenvalue weighted by atomic mass is 9.86. The number of carbonyl (C=O) groups is 1. The molecule has 1 saturated carbocycles. The lowest BCUT2D eigenvalue weighted by molar-refractivity contribution is -0.274. The van der Waals surface area contributed by atoms with E-state index < -0.39 is 19.1 Å². The first-order valence-electron chi connectivity index (χ1n) is 8.89. The van der Waals surface area contributed by atoms with Gasteiger partial charge >= 0.3 is 12.5 Å². The van der Waals surface area contributed by atoms with Crippen LogP contribution < -0.4 is 9.64 Å². The van der Waals surface area contributed by atoms with Gasteiger partial charge in [-0.1, -0.05) is 0 Å². The van der Waals surface area contributed by atoms with E-state index in [2.05, 4.69) is 4.74 Å². The van der Waals surface area contributed by atoms with Crippen LogP contribution in [0.25, 0.3) is 0 Å². The van der Waals surface area contributed by atoms with Crippen molar-refractivity contribution in [2.45, 2.75) is 51.2 Å². The minimum atomic E-state index is -4.73.